The maximum Gasteiger partial charge on any atom is 0.274 e. The third-order valence-corrected chi connectivity index (χ3v) is 4.21. The Hall–Kier alpha value is -1.82. The molecule has 1 amide bonds. The monoisotopic (exact) mass is 292 g/mol. The Balaban J connectivity index is 2.14. The number of H-pyrrole nitrogens is 1. The van der Waals surface area contributed by atoms with E-state index in [0.29, 0.717) is 11.4 Å². The van der Waals surface area contributed by atoms with Crippen molar-refractivity contribution in [2.45, 2.75) is 39.2 Å². The summed E-state index contributed by atoms with van der Waals surface area (Å²) in [6.07, 6.45) is 2.63. The number of aromatic amines is 1. The van der Waals surface area contributed by atoms with Crippen molar-refractivity contribution in [3.05, 3.63) is 33.8 Å². The number of nitrogens with two attached hydrogens (primary N) is 1. The van der Waals surface area contributed by atoms with E-state index in [-0.39, 0.29) is 11.9 Å². The number of rotatable bonds is 6. The summed E-state index contributed by atoms with van der Waals surface area (Å²) >= 11 is 1.65. The molecule has 2 heterocycles. The zero-order chi connectivity index (χ0) is 14.5. The molecule has 2 aromatic rings. The minimum Gasteiger partial charge on any atom is -0.395 e. The minimum atomic E-state index is -0.217. The van der Waals surface area contributed by atoms with Gasteiger partial charge in [0.15, 0.2) is 5.69 Å². The number of hydrogen-bond donors (Lipinski definition) is 3. The van der Waals surface area contributed by atoms with E-state index in [4.69, 9.17) is 5.73 Å². The fourth-order valence-corrected chi connectivity index (χ4v) is 2.93. The molecule has 0 aliphatic heterocycles. The fraction of sp³-hybridized carbons (Fsp3) is 0.429. The number of thiophene rings is 1. The molecule has 0 aromatic carbocycles. The normalized spacial score (nSPS) is 12.3. The van der Waals surface area contributed by atoms with Crippen LogP contribution in [0.5, 0.6) is 0 Å². The van der Waals surface area contributed by atoms with Gasteiger partial charge in [0.25, 0.3) is 5.91 Å². The summed E-state index contributed by atoms with van der Waals surface area (Å²) in [7, 11) is 0. The molecular weight excluding hydrogens is 272 g/mol. The van der Waals surface area contributed by atoms with Crippen molar-refractivity contribution in [2.75, 3.05) is 5.73 Å². The van der Waals surface area contributed by atoms with Gasteiger partial charge in [-0.05, 0) is 24.3 Å². The molecule has 4 N–H and O–H groups in total. The number of carbonyl (C=O) groups is 1. The number of nitrogens with one attached hydrogen (secondary N) is 2. The molecule has 2 rings (SSSR count). The SMILES string of the molecule is CCCC(NC(=O)c1n[nH]c(CC)c1N)c1cccs1. The van der Waals surface area contributed by atoms with Crippen molar-refractivity contribution in [3.8, 4) is 0 Å². The molecule has 5 nitrogen and oxygen atoms in total. The molecule has 20 heavy (non-hydrogen) atoms. The van der Waals surface area contributed by atoms with Crippen molar-refractivity contribution in [3.63, 3.8) is 0 Å². The summed E-state index contributed by atoms with van der Waals surface area (Å²) in [5, 5.41) is 11.9. The Bertz CT molecular complexity index is 562. The molecule has 108 valence electrons. The van der Waals surface area contributed by atoms with Crippen LogP contribution in [0.2, 0.25) is 0 Å². The van der Waals surface area contributed by atoms with Crippen LogP contribution in [0.15, 0.2) is 17.5 Å². The summed E-state index contributed by atoms with van der Waals surface area (Å²) in [5.74, 6) is -0.217. The zero-order valence-electron chi connectivity index (χ0n) is 11.8. The van der Waals surface area contributed by atoms with Crippen LogP contribution in [-0.4, -0.2) is 16.1 Å². The van der Waals surface area contributed by atoms with Crippen LogP contribution < -0.4 is 11.1 Å². The molecule has 1 atom stereocenters. The third kappa shape index (κ3) is 3.01. The summed E-state index contributed by atoms with van der Waals surface area (Å²) in [5.41, 5.74) is 7.48. The Labute approximate surface area is 122 Å². The number of anilines is 1. The Kier molecular flexibility index (Phi) is 4.79. The first-order valence-electron chi connectivity index (χ1n) is 6.84. The van der Waals surface area contributed by atoms with Crippen LogP contribution in [0.4, 0.5) is 5.69 Å². The van der Waals surface area contributed by atoms with E-state index in [1.807, 2.05) is 24.4 Å². The van der Waals surface area contributed by atoms with Crippen LogP contribution in [0.3, 0.4) is 0 Å². The van der Waals surface area contributed by atoms with Gasteiger partial charge in [0, 0.05) is 4.88 Å². The van der Waals surface area contributed by atoms with E-state index >= 15 is 0 Å². The first-order chi connectivity index (χ1) is 9.67. The molecule has 0 saturated heterocycles. The van der Waals surface area contributed by atoms with Crippen molar-refractivity contribution >= 4 is 22.9 Å². The molecule has 0 bridgehead atoms. The molecule has 0 aliphatic carbocycles. The fourth-order valence-electron chi connectivity index (χ4n) is 2.12. The van der Waals surface area contributed by atoms with Crippen molar-refractivity contribution < 1.29 is 4.79 Å². The number of nitrogens with zero attached hydrogens (tertiary/aromatic N) is 1. The lowest BCUT2D eigenvalue weighted by atomic mass is 10.1. The Morgan fingerprint density at radius 3 is 2.90 bits per heavy atom. The molecule has 0 radical (unpaired) electrons. The number of aromatic nitrogens is 2. The lowest BCUT2D eigenvalue weighted by Gasteiger charge is -2.16. The van der Waals surface area contributed by atoms with E-state index in [9.17, 15) is 4.79 Å². The zero-order valence-corrected chi connectivity index (χ0v) is 12.6. The lowest BCUT2D eigenvalue weighted by Crippen LogP contribution is -2.29. The van der Waals surface area contributed by atoms with E-state index < -0.39 is 0 Å². The van der Waals surface area contributed by atoms with Crippen LogP contribution >= 0.6 is 11.3 Å². The standard InChI is InChI=1S/C14H20N4OS/c1-3-6-10(11-7-5-8-20-11)16-14(19)13-12(15)9(4-2)17-18-13/h5,7-8,10H,3-4,6,15H2,1-2H3,(H,16,19)(H,17,18). The predicted molar refractivity (Wildman–Crippen MR) is 81.8 cm³/mol. The Morgan fingerprint density at radius 2 is 2.35 bits per heavy atom. The maximum atomic E-state index is 12.3. The van der Waals surface area contributed by atoms with E-state index in [1.54, 1.807) is 11.3 Å². The van der Waals surface area contributed by atoms with Gasteiger partial charge in [-0.15, -0.1) is 11.3 Å². The van der Waals surface area contributed by atoms with Gasteiger partial charge >= 0.3 is 0 Å². The van der Waals surface area contributed by atoms with Crippen LogP contribution in [-0.2, 0) is 6.42 Å². The molecule has 6 heteroatoms. The van der Waals surface area contributed by atoms with Gasteiger partial charge in [0.2, 0.25) is 0 Å². The number of nitrogen functional groups attached to an aromatic ring is 1. The van der Waals surface area contributed by atoms with Gasteiger partial charge < -0.3 is 11.1 Å². The molecule has 0 spiro atoms. The maximum absolute atomic E-state index is 12.3. The highest BCUT2D eigenvalue weighted by molar-refractivity contribution is 7.10. The highest BCUT2D eigenvalue weighted by Gasteiger charge is 2.20. The molecule has 0 aliphatic rings. The van der Waals surface area contributed by atoms with Gasteiger partial charge in [-0.2, -0.15) is 5.10 Å². The molecule has 0 saturated carbocycles. The third-order valence-electron chi connectivity index (χ3n) is 3.22. The van der Waals surface area contributed by atoms with Gasteiger partial charge in [-0.3, -0.25) is 9.89 Å². The highest BCUT2D eigenvalue weighted by atomic mass is 32.1. The molecule has 0 fully saturated rings. The smallest absolute Gasteiger partial charge is 0.274 e. The quantitative estimate of drug-likeness (QED) is 0.765. The summed E-state index contributed by atoms with van der Waals surface area (Å²) in [6.45, 7) is 4.07. The van der Waals surface area contributed by atoms with Crippen molar-refractivity contribution in [1.82, 2.24) is 15.5 Å². The second-order valence-corrected chi connectivity index (χ2v) is 5.63. The van der Waals surface area contributed by atoms with Gasteiger partial charge in [0.05, 0.1) is 17.4 Å². The second-order valence-electron chi connectivity index (χ2n) is 4.65. The van der Waals surface area contributed by atoms with Crippen LogP contribution in [0.25, 0.3) is 0 Å². The minimum absolute atomic E-state index is 0.0219. The summed E-state index contributed by atoms with van der Waals surface area (Å²) in [6, 6.07) is 4.05. The van der Waals surface area contributed by atoms with Gasteiger partial charge in [0.1, 0.15) is 0 Å². The molecule has 2 aromatic heterocycles. The first-order valence-corrected chi connectivity index (χ1v) is 7.72. The first kappa shape index (κ1) is 14.6. The van der Waals surface area contributed by atoms with Crippen LogP contribution in [0.1, 0.15) is 53.8 Å². The Morgan fingerprint density at radius 1 is 1.55 bits per heavy atom. The van der Waals surface area contributed by atoms with Crippen molar-refractivity contribution in [1.29, 1.82) is 0 Å². The van der Waals surface area contributed by atoms with Gasteiger partial charge in [-0.1, -0.05) is 26.3 Å². The number of hydrogen-bond acceptors (Lipinski definition) is 4. The lowest BCUT2D eigenvalue weighted by molar-refractivity contribution is 0.0931. The van der Waals surface area contributed by atoms with Crippen LogP contribution in [0, 0.1) is 0 Å². The van der Waals surface area contributed by atoms with E-state index in [0.717, 1.165) is 29.8 Å². The topological polar surface area (TPSA) is 83.8 Å². The molecule has 1 unspecified atom stereocenters. The highest BCUT2D eigenvalue weighted by Crippen LogP contribution is 2.24. The number of carbonyl (C=O) groups excluding carboxylic acids is 1. The average molecular weight is 292 g/mol. The van der Waals surface area contributed by atoms with E-state index in [2.05, 4.69) is 22.4 Å². The second kappa shape index (κ2) is 6.56. The van der Waals surface area contributed by atoms with Crippen molar-refractivity contribution in [2.24, 2.45) is 0 Å². The predicted octanol–water partition coefficient (Wildman–Crippen LogP) is 2.89. The largest absolute Gasteiger partial charge is 0.395 e. The van der Waals surface area contributed by atoms with Gasteiger partial charge in [-0.25, -0.2) is 0 Å². The number of amides is 1. The average Bonchev–Trinajstić information content (AvgIpc) is 3.07. The summed E-state index contributed by atoms with van der Waals surface area (Å²) < 4.78 is 0. The summed E-state index contributed by atoms with van der Waals surface area (Å²) in [4.78, 5) is 13.5. The van der Waals surface area contributed by atoms with E-state index in [1.165, 1.54) is 0 Å². The molecular formula is C14H20N4OS. The number of aryl methyl sites for hydroxylation is 1.